The number of methoxy groups -OCH3 is 1. The lowest BCUT2D eigenvalue weighted by molar-refractivity contribution is 0.262. The molecule has 3 rings (SSSR count). The van der Waals surface area contributed by atoms with Gasteiger partial charge in [0.25, 0.3) is 0 Å². The van der Waals surface area contributed by atoms with Gasteiger partial charge in [0.2, 0.25) is 5.95 Å². The quantitative estimate of drug-likeness (QED) is 0.860. The number of hydrogen-bond acceptors (Lipinski definition) is 6. The number of carbonyl (C=O) groups excluding carboxylic acids is 1. The van der Waals surface area contributed by atoms with Gasteiger partial charge < -0.3 is 25.2 Å². The van der Waals surface area contributed by atoms with E-state index in [1.165, 1.54) is 0 Å². The standard InChI is InChI=1S/C19H26N6O2/c1-13-17(23-19(26)22-15-6-5-7-16(12-15)27-4)14(2)21-18(20-13)25-10-8-24(3)9-11-25/h5-7,12H,8-11H2,1-4H3,(H2,22,23,26). The molecule has 1 aliphatic heterocycles. The Morgan fingerprint density at radius 3 is 2.37 bits per heavy atom. The molecule has 8 nitrogen and oxygen atoms in total. The van der Waals surface area contributed by atoms with Crippen LogP contribution in [-0.4, -0.2) is 61.2 Å². The zero-order valence-electron chi connectivity index (χ0n) is 16.2. The summed E-state index contributed by atoms with van der Waals surface area (Å²) in [4.78, 5) is 26.0. The van der Waals surface area contributed by atoms with Crippen LogP contribution in [-0.2, 0) is 0 Å². The Morgan fingerprint density at radius 2 is 1.74 bits per heavy atom. The van der Waals surface area contributed by atoms with E-state index >= 15 is 0 Å². The average Bonchev–Trinajstić information content (AvgIpc) is 2.65. The molecule has 0 aliphatic carbocycles. The van der Waals surface area contributed by atoms with Crippen LogP contribution in [0, 0.1) is 13.8 Å². The van der Waals surface area contributed by atoms with Gasteiger partial charge in [-0.3, -0.25) is 0 Å². The first-order valence-corrected chi connectivity index (χ1v) is 8.97. The molecule has 27 heavy (non-hydrogen) atoms. The topological polar surface area (TPSA) is 82.6 Å². The number of likely N-dealkylation sites (N-methyl/N-ethyl adjacent to an activating group) is 1. The number of piperazine rings is 1. The maximum absolute atomic E-state index is 12.4. The van der Waals surface area contributed by atoms with Crippen LogP contribution in [0.25, 0.3) is 0 Å². The molecule has 1 aromatic heterocycles. The molecule has 144 valence electrons. The Balaban J connectivity index is 1.70. The number of benzene rings is 1. The second kappa shape index (κ2) is 8.22. The molecule has 0 unspecified atom stereocenters. The first-order valence-electron chi connectivity index (χ1n) is 8.97. The number of hydrogen-bond donors (Lipinski definition) is 2. The highest BCUT2D eigenvalue weighted by Gasteiger charge is 2.19. The number of nitrogens with zero attached hydrogens (tertiary/aromatic N) is 4. The number of anilines is 3. The third-order valence-electron chi connectivity index (χ3n) is 4.61. The fourth-order valence-corrected chi connectivity index (χ4v) is 3.00. The molecule has 2 aromatic rings. The van der Waals surface area contributed by atoms with Gasteiger partial charge >= 0.3 is 6.03 Å². The number of urea groups is 1. The molecular formula is C19H26N6O2. The molecule has 0 spiro atoms. The Labute approximate surface area is 159 Å². The molecular weight excluding hydrogens is 344 g/mol. The van der Waals surface area contributed by atoms with Crippen molar-refractivity contribution in [2.45, 2.75) is 13.8 Å². The highest BCUT2D eigenvalue weighted by molar-refractivity contribution is 6.00. The number of ether oxygens (including phenoxy) is 1. The number of aromatic nitrogens is 2. The van der Waals surface area contributed by atoms with Crippen molar-refractivity contribution in [3.05, 3.63) is 35.7 Å². The van der Waals surface area contributed by atoms with E-state index in [1.54, 1.807) is 19.2 Å². The molecule has 0 saturated carbocycles. The summed E-state index contributed by atoms with van der Waals surface area (Å²) >= 11 is 0. The van der Waals surface area contributed by atoms with Crippen molar-refractivity contribution in [2.75, 3.05) is 55.9 Å². The molecule has 0 bridgehead atoms. The van der Waals surface area contributed by atoms with Gasteiger partial charge in [-0.25, -0.2) is 14.8 Å². The lowest BCUT2D eigenvalue weighted by Crippen LogP contribution is -2.45. The summed E-state index contributed by atoms with van der Waals surface area (Å²) in [6.45, 7) is 7.55. The normalized spacial score (nSPS) is 14.7. The van der Waals surface area contributed by atoms with Gasteiger partial charge in [0.05, 0.1) is 24.2 Å². The monoisotopic (exact) mass is 370 g/mol. The maximum Gasteiger partial charge on any atom is 0.323 e. The SMILES string of the molecule is COc1cccc(NC(=O)Nc2c(C)nc(N3CCN(C)CC3)nc2C)c1. The summed E-state index contributed by atoms with van der Waals surface area (Å²) < 4.78 is 5.17. The van der Waals surface area contributed by atoms with Crippen LogP contribution >= 0.6 is 0 Å². The van der Waals surface area contributed by atoms with Crippen molar-refractivity contribution >= 4 is 23.4 Å². The maximum atomic E-state index is 12.4. The molecule has 8 heteroatoms. The van der Waals surface area contributed by atoms with Crippen molar-refractivity contribution in [2.24, 2.45) is 0 Å². The van der Waals surface area contributed by atoms with Crippen LogP contribution in [0.15, 0.2) is 24.3 Å². The molecule has 1 aromatic carbocycles. The van der Waals surface area contributed by atoms with Crippen LogP contribution in [0.2, 0.25) is 0 Å². The lowest BCUT2D eigenvalue weighted by Gasteiger charge is -2.32. The minimum absolute atomic E-state index is 0.342. The smallest absolute Gasteiger partial charge is 0.323 e. The summed E-state index contributed by atoms with van der Waals surface area (Å²) in [5.74, 6) is 1.40. The van der Waals surface area contributed by atoms with Gasteiger partial charge in [0.1, 0.15) is 5.75 Å². The number of amides is 2. The van der Waals surface area contributed by atoms with Crippen LogP contribution in [0.3, 0.4) is 0 Å². The highest BCUT2D eigenvalue weighted by Crippen LogP contribution is 2.22. The van der Waals surface area contributed by atoms with Crippen molar-refractivity contribution in [3.63, 3.8) is 0 Å². The van der Waals surface area contributed by atoms with Gasteiger partial charge in [-0.05, 0) is 33.0 Å². The fraction of sp³-hybridized carbons (Fsp3) is 0.421. The van der Waals surface area contributed by atoms with Gasteiger partial charge in [-0.15, -0.1) is 0 Å². The Bertz CT molecular complexity index is 795. The lowest BCUT2D eigenvalue weighted by atomic mass is 10.2. The summed E-state index contributed by atoms with van der Waals surface area (Å²) in [5, 5.41) is 5.66. The Hall–Kier alpha value is -2.87. The summed E-state index contributed by atoms with van der Waals surface area (Å²) in [5.41, 5.74) is 2.78. The second-order valence-corrected chi connectivity index (χ2v) is 6.67. The minimum Gasteiger partial charge on any atom is -0.497 e. The first kappa shape index (κ1) is 18.9. The van der Waals surface area contributed by atoms with E-state index in [2.05, 4.69) is 37.4 Å². The number of carbonyl (C=O) groups is 1. The molecule has 2 N–H and O–H groups in total. The van der Waals surface area contributed by atoms with Crippen molar-refractivity contribution in [1.29, 1.82) is 0 Å². The number of rotatable bonds is 4. The summed E-state index contributed by atoms with van der Waals surface area (Å²) in [6, 6.07) is 6.85. The van der Waals surface area contributed by atoms with Crippen LogP contribution in [0.1, 0.15) is 11.4 Å². The van der Waals surface area contributed by atoms with Gasteiger partial charge in [0, 0.05) is 37.9 Å². The third-order valence-corrected chi connectivity index (χ3v) is 4.61. The van der Waals surface area contributed by atoms with Crippen LogP contribution in [0.4, 0.5) is 22.1 Å². The third kappa shape index (κ3) is 4.65. The zero-order valence-corrected chi connectivity index (χ0v) is 16.2. The van der Waals surface area contributed by atoms with E-state index in [0.29, 0.717) is 17.1 Å². The highest BCUT2D eigenvalue weighted by atomic mass is 16.5. The predicted molar refractivity (Wildman–Crippen MR) is 107 cm³/mol. The van der Waals surface area contributed by atoms with E-state index in [1.807, 2.05) is 26.0 Å². The molecule has 2 amide bonds. The van der Waals surface area contributed by atoms with E-state index in [9.17, 15) is 4.79 Å². The molecule has 1 saturated heterocycles. The largest absolute Gasteiger partial charge is 0.497 e. The minimum atomic E-state index is -0.342. The molecule has 2 heterocycles. The van der Waals surface area contributed by atoms with Crippen LogP contribution < -0.4 is 20.3 Å². The number of aryl methyl sites for hydroxylation is 2. The second-order valence-electron chi connectivity index (χ2n) is 6.67. The average molecular weight is 370 g/mol. The fourth-order valence-electron chi connectivity index (χ4n) is 3.00. The van der Waals surface area contributed by atoms with Crippen molar-refractivity contribution in [1.82, 2.24) is 14.9 Å². The summed E-state index contributed by atoms with van der Waals surface area (Å²) in [7, 11) is 3.70. The van der Waals surface area contributed by atoms with E-state index in [-0.39, 0.29) is 6.03 Å². The number of nitrogens with one attached hydrogen (secondary N) is 2. The predicted octanol–water partition coefficient (Wildman–Crippen LogP) is 2.50. The van der Waals surface area contributed by atoms with Gasteiger partial charge in [-0.1, -0.05) is 6.07 Å². The van der Waals surface area contributed by atoms with E-state index in [0.717, 1.165) is 43.5 Å². The Morgan fingerprint density at radius 1 is 1.07 bits per heavy atom. The molecule has 0 atom stereocenters. The van der Waals surface area contributed by atoms with Crippen LogP contribution in [0.5, 0.6) is 5.75 Å². The zero-order chi connectivity index (χ0) is 19.4. The van der Waals surface area contributed by atoms with Crippen molar-refractivity contribution < 1.29 is 9.53 Å². The van der Waals surface area contributed by atoms with Gasteiger partial charge in [-0.2, -0.15) is 0 Å². The Kier molecular flexibility index (Phi) is 5.75. The van der Waals surface area contributed by atoms with E-state index < -0.39 is 0 Å². The van der Waals surface area contributed by atoms with Crippen molar-refractivity contribution in [3.8, 4) is 5.75 Å². The molecule has 1 aliphatic rings. The first-order chi connectivity index (χ1) is 13.0. The molecule has 1 fully saturated rings. The van der Waals surface area contributed by atoms with Gasteiger partial charge in [0.15, 0.2) is 0 Å². The molecule has 0 radical (unpaired) electrons. The van der Waals surface area contributed by atoms with E-state index in [4.69, 9.17) is 4.74 Å². The summed E-state index contributed by atoms with van der Waals surface area (Å²) in [6.07, 6.45) is 0.